The highest BCUT2D eigenvalue weighted by Crippen LogP contribution is 1.98. The van der Waals surface area contributed by atoms with E-state index in [2.05, 4.69) is 0 Å². The monoisotopic (exact) mass is 151 g/mol. The van der Waals surface area contributed by atoms with Crippen molar-refractivity contribution < 1.29 is 14.5 Å². The molecule has 3 heteroatoms. The van der Waals surface area contributed by atoms with Crippen LogP contribution in [0.2, 0.25) is 0 Å². The predicted molar refractivity (Wildman–Crippen MR) is 36.7 cm³/mol. The molecule has 0 aliphatic rings. The van der Waals surface area contributed by atoms with E-state index in [4.69, 9.17) is 0 Å². The molecule has 0 saturated carbocycles. The largest absolute Gasteiger partial charge is 0.539 e. The van der Waals surface area contributed by atoms with Gasteiger partial charge in [0.05, 0.1) is 0 Å². The first-order valence-corrected chi connectivity index (χ1v) is 3.29. The van der Waals surface area contributed by atoms with E-state index in [1.54, 1.807) is 32.3 Å². The Morgan fingerprint density at radius 2 is 2.27 bits per heavy atom. The van der Waals surface area contributed by atoms with Gasteiger partial charge in [0.2, 0.25) is 5.69 Å². The summed E-state index contributed by atoms with van der Waals surface area (Å²) in [5.41, 5.74) is 0.947. The van der Waals surface area contributed by atoms with E-state index in [-0.39, 0.29) is 5.69 Å². The van der Waals surface area contributed by atoms with Crippen LogP contribution in [-0.4, -0.2) is 5.97 Å². The molecule has 0 radical (unpaired) electrons. The molecule has 0 saturated heterocycles. The van der Waals surface area contributed by atoms with E-state index >= 15 is 0 Å². The Morgan fingerprint density at radius 1 is 1.64 bits per heavy atom. The first-order chi connectivity index (χ1) is 5.13. The van der Waals surface area contributed by atoms with Gasteiger partial charge in [-0.25, -0.2) is 0 Å². The van der Waals surface area contributed by atoms with Gasteiger partial charge in [0, 0.05) is 11.6 Å². The molecule has 1 aromatic heterocycles. The van der Waals surface area contributed by atoms with Crippen LogP contribution in [0.15, 0.2) is 18.3 Å². The summed E-state index contributed by atoms with van der Waals surface area (Å²) in [4.78, 5) is 10.5. The van der Waals surface area contributed by atoms with E-state index in [0.717, 1.165) is 5.56 Å². The Morgan fingerprint density at radius 3 is 2.64 bits per heavy atom. The first-order valence-electron chi connectivity index (χ1n) is 3.29. The molecule has 1 rings (SSSR count). The van der Waals surface area contributed by atoms with Crippen molar-refractivity contribution >= 4 is 5.97 Å². The fourth-order valence-electron chi connectivity index (χ4n) is 1.05. The molecule has 0 fully saturated rings. The minimum atomic E-state index is -1.13. The maximum absolute atomic E-state index is 10.5. The lowest BCUT2D eigenvalue weighted by Crippen LogP contribution is -2.42. The zero-order valence-electron chi connectivity index (χ0n) is 6.50. The average molecular weight is 151 g/mol. The van der Waals surface area contributed by atoms with E-state index in [0.29, 0.717) is 0 Å². The molecule has 1 heterocycles. The number of aromatic nitrogens is 1. The molecular weight excluding hydrogens is 142 g/mol. The third-order valence-corrected chi connectivity index (χ3v) is 1.58. The maximum Gasteiger partial charge on any atom is 0.230 e. The van der Waals surface area contributed by atoms with Crippen molar-refractivity contribution in [3.05, 3.63) is 29.6 Å². The zero-order chi connectivity index (χ0) is 8.43. The topological polar surface area (TPSA) is 44.0 Å². The minimum Gasteiger partial charge on any atom is -0.539 e. The second kappa shape index (κ2) is 2.70. The van der Waals surface area contributed by atoms with Crippen LogP contribution in [0, 0.1) is 6.92 Å². The fourth-order valence-corrected chi connectivity index (χ4v) is 1.05. The summed E-state index contributed by atoms with van der Waals surface area (Å²) in [5.74, 6) is -1.13. The number of hydrogen-bond acceptors (Lipinski definition) is 2. The number of carbonyl (C=O) groups excluding carboxylic acids is 1. The standard InChI is InChI=1S/C8H9NO2/c1-6-4-3-5-9(2)7(6)8(10)11/h3-5H,1-2H3. The second-order valence-electron chi connectivity index (χ2n) is 2.44. The van der Waals surface area contributed by atoms with Crippen LogP contribution in [-0.2, 0) is 7.05 Å². The van der Waals surface area contributed by atoms with Crippen LogP contribution in [0.4, 0.5) is 0 Å². The van der Waals surface area contributed by atoms with Crippen molar-refractivity contribution in [2.24, 2.45) is 7.05 Å². The maximum atomic E-state index is 10.5. The molecule has 58 valence electrons. The van der Waals surface area contributed by atoms with Crippen LogP contribution >= 0.6 is 0 Å². The first kappa shape index (κ1) is 7.72. The summed E-state index contributed by atoms with van der Waals surface area (Å²) < 4.78 is 1.53. The number of pyridine rings is 1. The van der Waals surface area contributed by atoms with Gasteiger partial charge >= 0.3 is 0 Å². The lowest BCUT2D eigenvalue weighted by atomic mass is 10.2. The van der Waals surface area contributed by atoms with Crippen molar-refractivity contribution in [2.45, 2.75) is 6.92 Å². The molecule has 0 amide bonds. The number of rotatable bonds is 1. The van der Waals surface area contributed by atoms with E-state index in [1.165, 1.54) is 4.57 Å². The molecule has 0 spiro atoms. The Hall–Kier alpha value is -1.38. The van der Waals surface area contributed by atoms with Crippen LogP contribution in [0.3, 0.4) is 0 Å². The van der Waals surface area contributed by atoms with Crippen molar-refractivity contribution in [3.63, 3.8) is 0 Å². The van der Waals surface area contributed by atoms with E-state index in [9.17, 15) is 9.90 Å². The Bertz CT molecular complexity index is 274. The van der Waals surface area contributed by atoms with Crippen molar-refractivity contribution in [1.29, 1.82) is 0 Å². The molecule has 1 aromatic rings. The summed E-state index contributed by atoms with van der Waals surface area (Å²) in [5, 5.41) is 10.5. The lowest BCUT2D eigenvalue weighted by molar-refractivity contribution is -0.676. The normalized spacial score (nSPS) is 9.64. The van der Waals surface area contributed by atoms with Gasteiger partial charge in [-0.3, -0.25) is 0 Å². The summed E-state index contributed by atoms with van der Waals surface area (Å²) in [6.45, 7) is 1.74. The number of aryl methyl sites for hydroxylation is 2. The van der Waals surface area contributed by atoms with Gasteiger partial charge in [0.1, 0.15) is 13.0 Å². The van der Waals surface area contributed by atoms with Gasteiger partial charge in [-0.05, 0) is 13.0 Å². The summed E-state index contributed by atoms with van der Waals surface area (Å²) >= 11 is 0. The molecule has 0 aromatic carbocycles. The van der Waals surface area contributed by atoms with Crippen molar-refractivity contribution in [3.8, 4) is 0 Å². The van der Waals surface area contributed by atoms with Crippen molar-refractivity contribution in [2.75, 3.05) is 0 Å². The minimum absolute atomic E-state index is 0.229. The Balaban J connectivity index is 3.32. The molecule has 0 aliphatic carbocycles. The van der Waals surface area contributed by atoms with Gasteiger partial charge in [-0.1, -0.05) is 0 Å². The predicted octanol–water partition coefficient (Wildman–Crippen LogP) is -0.817. The molecule has 0 atom stereocenters. The summed E-state index contributed by atoms with van der Waals surface area (Å²) in [6.07, 6.45) is 1.68. The summed E-state index contributed by atoms with van der Waals surface area (Å²) in [6, 6.07) is 3.53. The molecule has 0 unspecified atom stereocenters. The average Bonchev–Trinajstić information content (AvgIpc) is 1.85. The highest BCUT2D eigenvalue weighted by atomic mass is 16.4. The van der Waals surface area contributed by atoms with Crippen LogP contribution in [0.1, 0.15) is 16.1 Å². The molecule has 0 N–H and O–H groups in total. The highest BCUT2D eigenvalue weighted by Gasteiger charge is 2.09. The Labute approximate surface area is 64.9 Å². The van der Waals surface area contributed by atoms with Gasteiger partial charge in [-0.2, -0.15) is 4.57 Å². The number of carbonyl (C=O) groups is 1. The third-order valence-electron chi connectivity index (χ3n) is 1.58. The third kappa shape index (κ3) is 1.37. The zero-order valence-corrected chi connectivity index (χ0v) is 6.50. The van der Waals surface area contributed by atoms with Gasteiger partial charge in [-0.15, -0.1) is 0 Å². The number of carboxylic acid groups (broad SMARTS) is 1. The fraction of sp³-hybridized carbons (Fsp3) is 0.250. The molecule has 11 heavy (non-hydrogen) atoms. The Kier molecular flexibility index (Phi) is 1.89. The summed E-state index contributed by atoms with van der Waals surface area (Å²) in [7, 11) is 1.68. The molecule has 3 nitrogen and oxygen atoms in total. The number of aromatic carboxylic acids is 1. The van der Waals surface area contributed by atoms with Crippen molar-refractivity contribution in [1.82, 2.24) is 0 Å². The highest BCUT2D eigenvalue weighted by molar-refractivity contribution is 5.83. The molecule has 0 aliphatic heterocycles. The lowest BCUT2D eigenvalue weighted by Gasteiger charge is -2.02. The SMILES string of the molecule is Cc1ccc[n+](C)c1C(=O)[O-]. The van der Waals surface area contributed by atoms with Crippen LogP contribution in [0.5, 0.6) is 0 Å². The molecular formula is C8H9NO2. The van der Waals surface area contributed by atoms with Gasteiger partial charge in [0.15, 0.2) is 6.20 Å². The second-order valence-corrected chi connectivity index (χ2v) is 2.44. The van der Waals surface area contributed by atoms with Gasteiger partial charge < -0.3 is 9.90 Å². The number of carboxylic acids is 1. The molecule has 0 bridgehead atoms. The smallest absolute Gasteiger partial charge is 0.230 e. The van der Waals surface area contributed by atoms with E-state index < -0.39 is 5.97 Å². The quantitative estimate of drug-likeness (QED) is 0.492. The van der Waals surface area contributed by atoms with Crippen LogP contribution in [0.25, 0.3) is 0 Å². The number of nitrogens with zero attached hydrogens (tertiary/aromatic N) is 1. The van der Waals surface area contributed by atoms with Crippen LogP contribution < -0.4 is 9.67 Å². The van der Waals surface area contributed by atoms with E-state index in [1.807, 2.05) is 0 Å². The van der Waals surface area contributed by atoms with Gasteiger partial charge in [0.25, 0.3) is 0 Å². The number of hydrogen-bond donors (Lipinski definition) is 0.